The van der Waals surface area contributed by atoms with Crippen LogP contribution in [-0.4, -0.2) is 128 Å². The minimum absolute atomic E-state index is 0.00524. The first-order valence-electron chi connectivity index (χ1n) is 24.6. The van der Waals surface area contributed by atoms with Gasteiger partial charge in [0.2, 0.25) is 0 Å². The molecule has 0 radical (unpaired) electrons. The zero-order valence-corrected chi connectivity index (χ0v) is 48.4. The summed E-state index contributed by atoms with van der Waals surface area (Å²) in [6.07, 6.45) is 0. The summed E-state index contributed by atoms with van der Waals surface area (Å²) in [5.74, 6) is 0. The molecule has 6 aromatic rings. The molecular formula is C56H69ClO18S4. The third kappa shape index (κ3) is 23.6. The smallest absolute Gasteiger partial charge is 0.296 e. The van der Waals surface area contributed by atoms with Crippen molar-refractivity contribution in [1.29, 1.82) is 0 Å². The summed E-state index contributed by atoms with van der Waals surface area (Å²) in [5.41, 5.74) is 2.76. The van der Waals surface area contributed by atoms with Crippen molar-refractivity contribution in [3.05, 3.63) is 191 Å². The van der Waals surface area contributed by atoms with Crippen LogP contribution in [0.1, 0.15) is 33.4 Å². The standard InChI is InChI=1S/C35H40O11S3.C14H22O5.C7H7ClO2S/c1-28-9-15-32(16-10-28)47(36,37)44-25-35(24-43-22-21-42-23-31-7-5-4-6-8-31,26-45-48(38,39)33-17-11-29(2)12-18-33)27-46-49(40,41)34-19-13-30(3)14-20-34;15-9-14(10-16,11-17)12-19-7-6-18-8-13-4-2-1-3-5-13;1-6-2-4-7(5-3-6)11(8,9)10/h4-20H,21-27H2,1-3H3;1-5,15-17H,6-12H2;2-5H,1H3. The van der Waals surface area contributed by atoms with Gasteiger partial charge in [-0.15, -0.1) is 0 Å². The maximum absolute atomic E-state index is 13.2. The second-order valence-corrected chi connectivity index (χ2v) is 25.9. The molecule has 3 N–H and O–H groups in total. The fraction of sp³-hybridized carbons (Fsp3) is 0.357. The van der Waals surface area contributed by atoms with Crippen LogP contribution in [0.25, 0.3) is 0 Å². The van der Waals surface area contributed by atoms with Crippen molar-refractivity contribution in [2.75, 3.05) is 79.3 Å². The number of halogens is 1. The Morgan fingerprint density at radius 2 is 0.620 bits per heavy atom. The highest BCUT2D eigenvalue weighted by Gasteiger charge is 2.39. The molecule has 0 saturated heterocycles. The lowest BCUT2D eigenvalue weighted by Crippen LogP contribution is -2.43. The van der Waals surface area contributed by atoms with E-state index in [9.17, 15) is 33.7 Å². The quantitative estimate of drug-likeness (QED) is 0.0225. The number of ether oxygens (including phenoxy) is 4. The van der Waals surface area contributed by atoms with E-state index in [1.807, 2.05) is 67.6 Å². The van der Waals surface area contributed by atoms with Crippen molar-refractivity contribution >= 4 is 50.1 Å². The molecule has 0 bridgehead atoms. The number of aliphatic hydroxyl groups is 3. The van der Waals surface area contributed by atoms with Gasteiger partial charge in [-0.05, 0) is 87.4 Å². The van der Waals surface area contributed by atoms with Crippen LogP contribution in [0.4, 0.5) is 0 Å². The lowest BCUT2D eigenvalue weighted by atomic mass is 9.93. The van der Waals surface area contributed by atoms with Gasteiger partial charge in [-0.3, -0.25) is 12.5 Å². The molecule has 0 atom stereocenters. The molecule has 0 amide bonds. The molecule has 6 rings (SSSR count). The van der Waals surface area contributed by atoms with Crippen LogP contribution >= 0.6 is 10.7 Å². The molecule has 0 saturated carbocycles. The highest BCUT2D eigenvalue weighted by Crippen LogP contribution is 2.28. The van der Waals surface area contributed by atoms with Crippen LogP contribution in [0.5, 0.6) is 0 Å². The maximum atomic E-state index is 13.2. The van der Waals surface area contributed by atoms with Gasteiger partial charge in [-0.2, -0.15) is 25.3 Å². The Morgan fingerprint density at radius 1 is 0.354 bits per heavy atom. The molecule has 0 spiro atoms. The highest BCUT2D eigenvalue weighted by atomic mass is 35.7. The van der Waals surface area contributed by atoms with E-state index in [-0.39, 0.29) is 59.2 Å². The molecular weight excluding hydrogens is 1120 g/mol. The largest absolute Gasteiger partial charge is 0.396 e. The number of aliphatic hydroxyl groups excluding tert-OH is 3. The fourth-order valence-electron chi connectivity index (χ4n) is 6.51. The average molecular weight is 1190 g/mol. The zero-order valence-electron chi connectivity index (χ0n) is 44.4. The van der Waals surface area contributed by atoms with Crippen LogP contribution in [0.15, 0.2) is 177 Å². The molecule has 6 aromatic carbocycles. The van der Waals surface area contributed by atoms with Gasteiger partial charge in [0.25, 0.3) is 39.4 Å². The molecule has 0 aliphatic heterocycles. The van der Waals surface area contributed by atoms with E-state index in [1.165, 1.54) is 48.5 Å². The predicted molar refractivity (Wildman–Crippen MR) is 297 cm³/mol. The molecule has 0 aromatic heterocycles. The normalized spacial score (nSPS) is 12.3. The predicted octanol–water partition coefficient (Wildman–Crippen LogP) is 7.45. The van der Waals surface area contributed by atoms with E-state index in [1.54, 1.807) is 69.3 Å². The number of hydrogen-bond donors (Lipinski definition) is 3. The van der Waals surface area contributed by atoms with Crippen molar-refractivity contribution < 1.29 is 80.5 Å². The van der Waals surface area contributed by atoms with E-state index >= 15 is 0 Å². The van der Waals surface area contributed by atoms with Crippen molar-refractivity contribution in [3.63, 3.8) is 0 Å². The summed E-state index contributed by atoms with van der Waals surface area (Å²) in [4.78, 5) is -0.305. The lowest BCUT2D eigenvalue weighted by molar-refractivity contribution is -0.0679. The first kappa shape index (κ1) is 66.5. The average Bonchev–Trinajstić information content (AvgIpc) is 3.45. The van der Waals surface area contributed by atoms with Gasteiger partial charge in [-0.1, -0.05) is 131 Å². The fourth-order valence-corrected chi connectivity index (χ4v) is 10.3. The first-order chi connectivity index (χ1) is 37.5. The summed E-state index contributed by atoms with van der Waals surface area (Å²) in [6.45, 7) is 5.48. The van der Waals surface area contributed by atoms with Gasteiger partial charge < -0.3 is 34.3 Å². The van der Waals surface area contributed by atoms with E-state index in [0.717, 1.165) is 33.4 Å². The van der Waals surface area contributed by atoms with Gasteiger partial charge >= 0.3 is 0 Å². The van der Waals surface area contributed by atoms with Crippen molar-refractivity contribution in [1.82, 2.24) is 0 Å². The molecule has 0 fully saturated rings. The number of benzene rings is 6. The molecule has 0 aliphatic rings. The van der Waals surface area contributed by atoms with Gasteiger partial charge in [0.1, 0.15) is 0 Å². The van der Waals surface area contributed by atoms with Gasteiger partial charge in [0.15, 0.2) is 0 Å². The van der Waals surface area contributed by atoms with Crippen molar-refractivity contribution in [2.45, 2.75) is 60.5 Å². The summed E-state index contributed by atoms with van der Waals surface area (Å²) in [6, 6.07) is 43.4. The summed E-state index contributed by atoms with van der Waals surface area (Å²) >= 11 is 0. The van der Waals surface area contributed by atoms with E-state index in [4.69, 9.17) is 57.5 Å². The van der Waals surface area contributed by atoms with Gasteiger partial charge in [0.05, 0.1) is 123 Å². The molecule has 0 heterocycles. The first-order valence-corrected chi connectivity index (χ1v) is 31.1. The van der Waals surface area contributed by atoms with Crippen LogP contribution in [0, 0.1) is 38.5 Å². The van der Waals surface area contributed by atoms with Crippen molar-refractivity contribution in [2.24, 2.45) is 10.8 Å². The van der Waals surface area contributed by atoms with Crippen LogP contribution in [-0.2, 0) is 84.1 Å². The zero-order chi connectivity index (χ0) is 58.0. The molecule has 18 nitrogen and oxygen atoms in total. The third-order valence-corrected chi connectivity index (χ3v) is 16.8. The number of hydrogen-bond acceptors (Lipinski definition) is 18. The van der Waals surface area contributed by atoms with Crippen molar-refractivity contribution in [3.8, 4) is 0 Å². The Bertz CT molecular complexity index is 2960. The second-order valence-electron chi connectivity index (χ2n) is 18.5. The summed E-state index contributed by atoms with van der Waals surface area (Å²) in [7, 11) is -11.6. The van der Waals surface area contributed by atoms with Gasteiger partial charge in [-0.25, -0.2) is 8.42 Å². The minimum atomic E-state index is -4.39. The monoisotopic (exact) mass is 1190 g/mol. The highest BCUT2D eigenvalue weighted by molar-refractivity contribution is 8.13. The summed E-state index contributed by atoms with van der Waals surface area (Å²) in [5, 5.41) is 27.3. The Hall–Kier alpha value is -4.99. The summed E-state index contributed by atoms with van der Waals surface area (Å²) < 4.78 is 139. The second kappa shape index (κ2) is 32.5. The van der Waals surface area contributed by atoms with Crippen LogP contribution < -0.4 is 0 Å². The third-order valence-electron chi connectivity index (χ3n) is 11.6. The topological polar surface area (TPSA) is 262 Å². The van der Waals surface area contributed by atoms with Crippen LogP contribution in [0.2, 0.25) is 0 Å². The maximum Gasteiger partial charge on any atom is 0.296 e. The Morgan fingerprint density at radius 3 is 0.899 bits per heavy atom. The molecule has 0 aliphatic carbocycles. The molecule has 23 heteroatoms. The Kier molecular flexibility index (Phi) is 27.3. The SMILES string of the molecule is Cc1ccc(S(=O)(=O)Cl)cc1.Cc1ccc(S(=O)(=O)OCC(COCCOCc2ccccc2)(COS(=O)(=O)c2ccc(C)cc2)COS(=O)(=O)c2ccc(C)cc2)cc1.OCC(CO)(CO)COCCOCc1ccccc1. The van der Waals surface area contributed by atoms with E-state index < -0.39 is 76.7 Å². The molecule has 79 heavy (non-hydrogen) atoms. The Balaban J connectivity index is 0.000000363. The molecule has 432 valence electrons. The number of rotatable bonds is 30. The van der Waals surface area contributed by atoms with Crippen LogP contribution in [0.3, 0.4) is 0 Å². The van der Waals surface area contributed by atoms with E-state index in [0.29, 0.717) is 26.4 Å². The molecule has 0 unspecified atom stereocenters. The minimum Gasteiger partial charge on any atom is -0.396 e. The lowest BCUT2D eigenvalue weighted by Gasteiger charge is -2.32. The van der Waals surface area contributed by atoms with Gasteiger partial charge in [0, 0.05) is 10.7 Å². The number of aryl methyl sites for hydroxylation is 4. The Labute approximate surface area is 469 Å². The van der Waals surface area contributed by atoms with E-state index in [2.05, 4.69) is 0 Å².